The number of nitrogens with zero attached hydrogens (tertiary/aromatic N) is 3. The van der Waals surface area contributed by atoms with E-state index in [4.69, 9.17) is 21.1 Å². The predicted molar refractivity (Wildman–Crippen MR) is 90.1 cm³/mol. The quantitative estimate of drug-likeness (QED) is 0.714. The van der Waals surface area contributed by atoms with E-state index in [1.54, 1.807) is 7.11 Å². The molecule has 122 valence electrons. The van der Waals surface area contributed by atoms with E-state index < -0.39 is 5.79 Å². The first-order chi connectivity index (χ1) is 11.7. The summed E-state index contributed by atoms with van der Waals surface area (Å²) in [5.74, 6) is 0.456. The van der Waals surface area contributed by atoms with Gasteiger partial charge in [-0.1, -0.05) is 41.9 Å². The van der Waals surface area contributed by atoms with E-state index in [0.29, 0.717) is 5.02 Å². The van der Waals surface area contributed by atoms with Crippen LogP contribution in [-0.2, 0) is 21.9 Å². The molecule has 1 atom stereocenters. The maximum Gasteiger partial charge on any atom is 0.224 e. The first-order valence-electron chi connectivity index (χ1n) is 7.61. The van der Waals surface area contributed by atoms with Crippen molar-refractivity contribution >= 4 is 11.6 Å². The minimum absolute atomic E-state index is 0.274. The summed E-state index contributed by atoms with van der Waals surface area (Å²) in [4.78, 5) is 0. The van der Waals surface area contributed by atoms with Crippen molar-refractivity contribution in [2.45, 2.75) is 19.3 Å². The van der Waals surface area contributed by atoms with E-state index in [1.165, 1.54) is 0 Å². The van der Waals surface area contributed by atoms with Crippen molar-refractivity contribution < 1.29 is 9.47 Å². The topological polar surface area (TPSA) is 49.2 Å². The molecule has 1 unspecified atom stereocenters. The highest BCUT2D eigenvalue weighted by Crippen LogP contribution is 2.42. The van der Waals surface area contributed by atoms with Gasteiger partial charge in [-0.05, 0) is 25.1 Å². The predicted octanol–water partition coefficient (Wildman–Crippen LogP) is 3.61. The average molecular weight is 342 g/mol. The smallest absolute Gasteiger partial charge is 0.224 e. The normalized spacial score (nSPS) is 19.5. The molecule has 0 aliphatic carbocycles. The minimum atomic E-state index is -1.06. The summed E-state index contributed by atoms with van der Waals surface area (Å²) in [6.45, 7) is 2.19. The fourth-order valence-corrected chi connectivity index (χ4v) is 3.38. The lowest BCUT2D eigenvalue weighted by Gasteiger charge is -2.33. The second-order valence-corrected chi connectivity index (χ2v) is 6.07. The largest absolute Gasteiger partial charge is 0.345 e. The summed E-state index contributed by atoms with van der Waals surface area (Å²) in [6, 6.07) is 15.5. The summed E-state index contributed by atoms with van der Waals surface area (Å²) in [7, 11) is 1.64. The van der Waals surface area contributed by atoms with Crippen LogP contribution in [0.3, 0.4) is 0 Å². The van der Waals surface area contributed by atoms with Gasteiger partial charge in [0.25, 0.3) is 0 Å². The van der Waals surface area contributed by atoms with Crippen molar-refractivity contribution in [3.8, 4) is 5.69 Å². The number of hydrogen-bond acceptors (Lipinski definition) is 4. The molecule has 2 heterocycles. The van der Waals surface area contributed by atoms with E-state index in [2.05, 4.69) is 10.2 Å². The number of hydrogen-bond donors (Lipinski definition) is 0. The molecule has 1 aliphatic rings. The molecular formula is C18H16ClN3O2. The molecular weight excluding hydrogens is 326 g/mol. The van der Waals surface area contributed by atoms with Gasteiger partial charge in [0.05, 0.1) is 5.69 Å². The molecule has 0 spiro atoms. The zero-order valence-electron chi connectivity index (χ0n) is 13.4. The molecule has 3 aromatic rings. The van der Waals surface area contributed by atoms with Crippen LogP contribution in [0.2, 0.25) is 5.02 Å². The maximum atomic E-state index is 6.29. The Hall–Kier alpha value is -2.21. The summed E-state index contributed by atoms with van der Waals surface area (Å²) in [5, 5.41) is 9.01. The van der Waals surface area contributed by atoms with Gasteiger partial charge in [-0.25, -0.2) is 0 Å². The highest BCUT2D eigenvalue weighted by atomic mass is 35.5. The monoisotopic (exact) mass is 341 g/mol. The highest BCUT2D eigenvalue weighted by molar-refractivity contribution is 6.30. The third kappa shape index (κ3) is 2.17. The molecule has 0 saturated carbocycles. The van der Waals surface area contributed by atoms with Crippen molar-refractivity contribution in [1.29, 1.82) is 0 Å². The fourth-order valence-electron chi connectivity index (χ4n) is 3.21. The molecule has 0 radical (unpaired) electrons. The van der Waals surface area contributed by atoms with Crippen molar-refractivity contribution in [2.75, 3.05) is 7.11 Å². The fraction of sp³-hybridized carbons (Fsp3) is 0.222. The number of ether oxygens (including phenoxy) is 2. The lowest BCUT2D eigenvalue weighted by Crippen LogP contribution is -2.33. The molecule has 0 fully saturated rings. The van der Waals surface area contributed by atoms with Crippen LogP contribution >= 0.6 is 11.6 Å². The van der Waals surface area contributed by atoms with Crippen LogP contribution in [-0.4, -0.2) is 21.9 Å². The lowest BCUT2D eigenvalue weighted by atomic mass is 9.95. The third-order valence-corrected chi connectivity index (χ3v) is 4.53. The Bertz CT molecular complexity index is 895. The van der Waals surface area contributed by atoms with Crippen molar-refractivity contribution in [1.82, 2.24) is 14.8 Å². The molecule has 0 bridgehead atoms. The van der Waals surface area contributed by atoms with Gasteiger partial charge in [0.2, 0.25) is 5.79 Å². The Balaban J connectivity index is 2.05. The highest BCUT2D eigenvalue weighted by Gasteiger charge is 2.41. The van der Waals surface area contributed by atoms with Crippen molar-refractivity contribution in [2.24, 2.45) is 0 Å². The number of benzene rings is 2. The van der Waals surface area contributed by atoms with Crippen LogP contribution in [0.1, 0.15) is 22.8 Å². The Morgan fingerprint density at radius 1 is 1.17 bits per heavy atom. The summed E-state index contributed by atoms with van der Waals surface area (Å²) in [5.41, 5.74) is 2.62. The van der Waals surface area contributed by atoms with E-state index in [-0.39, 0.29) is 6.61 Å². The summed E-state index contributed by atoms with van der Waals surface area (Å²) in [6.07, 6.45) is 0. The third-order valence-electron chi connectivity index (χ3n) is 4.29. The van der Waals surface area contributed by atoms with Crippen molar-refractivity contribution in [3.05, 3.63) is 76.3 Å². The summed E-state index contributed by atoms with van der Waals surface area (Å²) < 4.78 is 14.1. The first kappa shape index (κ1) is 15.3. The number of aryl methyl sites for hydroxylation is 1. The lowest BCUT2D eigenvalue weighted by molar-refractivity contribution is -0.208. The van der Waals surface area contributed by atoms with Crippen LogP contribution in [0.5, 0.6) is 0 Å². The second kappa shape index (κ2) is 5.70. The molecule has 1 aromatic heterocycles. The maximum absolute atomic E-state index is 6.29. The van der Waals surface area contributed by atoms with Gasteiger partial charge in [-0.3, -0.25) is 4.57 Å². The Kier molecular flexibility index (Phi) is 3.64. The van der Waals surface area contributed by atoms with Gasteiger partial charge in [0.1, 0.15) is 12.4 Å². The average Bonchev–Trinajstić information content (AvgIpc) is 2.91. The molecule has 6 heteroatoms. The van der Waals surface area contributed by atoms with E-state index in [0.717, 1.165) is 28.5 Å². The summed E-state index contributed by atoms with van der Waals surface area (Å²) >= 11 is 6.29. The van der Waals surface area contributed by atoms with Gasteiger partial charge in [-0.15, -0.1) is 10.2 Å². The number of aromatic nitrogens is 3. The number of rotatable bonds is 2. The second-order valence-electron chi connectivity index (χ2n) is 5.64. The van der Waals surface area contributed by atoms with Crippen LogP contribution in [0.15, 0.2) is 48.5 Å². The van der Waals surface area contributed by atoms with Gasteiger partial charge >= 0.3 is 0 Å². The van der Waals surface area contributed by atoms with Gasteiger partial charge < -0.3 is 9.47 Å². The number of halogens is 1. The Morgan fingerprint density at radius 2 is 1.96 bits per heavy atom. The SMILES string of the molecule is COC1(c2ccccc2)OCc2nnc(C)n2-c2ccc(Cl)cc21. The number of fused-ring (bicyclic) bond motifs is 3. The molecule has 2 aromatic carbocycles. The first-order valence-corrected chi connectivity index (χ1v) is 7.99. The standard InChI is InChI=1S/C18H16ClN3O2/c1-12-20-21-17-11-24-18(23-2,13-6-4-3-5-7-13)15-10-14(19)8-9-16(15)22(12)17/h3-10H,11H2,1-2H3. The minimum Gasteiger partial charge on any atom is -0.345 e. The van der Waals surface area contributed by atoms with E-state index >= 15 is 0 Å². The van der Waals surface area contributed by atoms with Crippen LogP contribution in [0.25, 0.3) is 5.69 Å². The van der Waals surface area contributed by atoms with E-state index in [1.807, 2.05) is 60.0 Å². The molecule has 4 rings (SSSR count). The molecule has 24 heavy (non-hydrogen) atoms. The van der Waals surface area contributed by atoms with Crippen LogP contribution < -0.4 is 0 Å². The van der Waals surface area contributed by atoms with E-state index in [9.17, 15) is 0 Å². The van der Waals surface area contributed by atoms with Gasteiger partial charge in [0, 0.05) is 23.3 Å². The molecule has 0 N–H and O–H groups in total. The molecule has 0 saturated heterocycles. The Labute approximate surface area is 144 Å². The van der Waals surface area contributed by atoms with Crippen LogP contribution in [0, 0.1) is 6.92 Å². The zero-order chi connectivity index (χ0) is 16.7. The van der Waals surface area contributed by atoms with Crippen LogP contribution in [0.4, 0.5) is 0 Å². The molecule has 5 nitrogen and oxygen atoms in total. The van der Waals surface area contributed by atoms with Gasteiger partial charge in [-0.2, -0.15) is 0 Å². The molecule has 0 amide bonds. The number of methoxy groups -OCH3 is 1. The Morgan fingerprint density at radius 3 is 2.71 bits per heavy atom. The van der Waals surface area contributed by atoms with Crippen molar-refractivity contribution in [3.63, 3.8) is 0 Å². The van der Waals surface area contributed by atoms with Gasteiger partial charge in [0.15, 0.2) is 5.82 Å². The zero-order valence-corrected chi connectivity index (χ0v) is 14.1. The molecule has 1 aliphatic heterocycles.